The number of pyridine rings is 1. The van der Waals surface area contributed by atoms with E-state index in [1.165, 1.54) is 24.8 Å². The number of nitrogens with zero attached hydrogens (tertiary/aromatic N) is 2. The number of aromatic nitrogens is 1. The summed E-state index contributed by atoms with van der Waals surface area (Å²) in [5, 5.41) is 5.40. The molecule has 176 valence electrons. The summed E-state index contributed by atoms with van der Waals surface area (Å²) >= 11 is 5.86. The highest BCUT2D eigenvalue weighted by Crippen LogP contribution is 2.25. The van der Waals surface area contributed by atoms with Crippen molar-refractivity contribution < 1.29 is 0 Å². The van der Waals surface area contributed by atoms with E-state index >= 15 is 0 Å². The normalized spacial score (nSPS) is 14.8. The topological polar surface area (TPSA) is 51.4 Å². The molecule has 0 spiro atoms. The molecular weight excluding hydrogens is 416 g/mol. The Kier molecular flexibility index (Phi) is 9.11. The number of rotatable bonds is 9. The van der Waals surface area contributed by atoms with Gasteiger partial charge >= 0.3 is 0 Å². The molecule has 0 unspecified atom stereocenters. The van der Waals surface area contributed by atoms with Crippen LogP contribution in [0.5, 0.6) is 0 Å². The van der Waals surface area contributed by atoms with E-state index in [1.807, 2.05) is 0 Å². The van der Waals surface area contributed by atoms with Crippen molar-refractivity contribution >= 4 is 28.2 Å². The van der Waals surface area contributed by atoms with Gasteiger partial charge in [0.1, 0.15) is 0 Å². The first-order chi connectivity index (χ1) is 15.4. The summed E-state index contributed by atoms with van der Waals surface area (Å²) in [4.78, 5) is 20.8. The zero-order valence-electron chi connectivity index (χ0n) is 20.3. The van der Waals surface area contributed by atoms with Crippen molar-refractivity contribution in [2.24, 2.45) is 0 Å². The number of benzene rings is 1. The fourth-order valence-electron chi connectivity index (χ4n) is 4.92. The van der Waals surface area contributed by atoms with Gasteiger partial charge in [0, 0.05) is 29.1 Å². The summed E-state index contributed by atoms with van der Waals surface area (Å²) in [5.41, 5.74) is 4.06. The molecule has 0 amide bonds. The zero-order chi connectivity index (χ0) is 23.1. The Hall–Kier alpha value is -1.92. The highest BCUT2D eigenvalue weighted by molar-refractivity contribution is 7.80. The van der Waals surface area contributed by atoms with Crippen LogP contribution in [0.15, 0.2) is 23.0 Å². The summed E-state index contributed by atoms with van der Waals surface area (Å²) in [5.74, 6) is 0. The molecule has 2 N–H and O–H groups in total. The number of hydrogen-bond acceptors (Lipinski definition) is 3. The third-order valence-electron chi connectivity index (χ3n) is 6.83. The fraction of sp³-hybridized carbons (Fsp3) is 0.615. The molecule has 32 heavy (non-hydrogen) atoms. The van der Waals surface area contributed by atoms with Gasteiger partial charge in [-0.25, -0.2) is 0 Å². The fourth-order valence-corrected chi connectivity index (χ4v) is 5.23. The van der Waals surface area contributed by atoms with Crippen molar-refractivity contribution in [3.8, 4) is 0 Å². The molecule has 0 bridgehead atoms. The first-order valence-electron chi connectivity index (χ1n) is 12.3. The van der Waals surface area contributed by atoms with E-state index in [1.54, 1.807) is 0 Å². The molecule has 6 heteroatoms. The van der Waals surface area contributed by atoms with E-state index in [4.69, 9.17) is 12.2 Å². The Bertz CT molecular complexity index is 960. The van der Waals surface area contributed by atoms with E-state index in [0.717, 1.165) is 72.6 Å². The minimum absolute atomic E-state index is 0.00681. The van der Waals surface area contributed by atoms with E-state index in [9.17, 15) is 4.79 Å². The number of thiocarbonyl (C=S) groups is 1. The summed E-state index contributed by atoms with van der Waals surface area (Å²) in [6, 6.07) is 6.70. The van der Waals surface area contributed by atoms with Crippen LogP contribution in [-0.2, 0) is 6.54 Å². The lowest BCUT2D eigenvalue weighted by Crippen LogP contribution is -2.47. The van der Waals surface area contributed by atoms with E-state index < -0.39 is 0 Å². The smallest absolute Gasteiger partial charge is 0.253 e. The molecule has 1 heterocycles. The minimum atomic E-state index is -0.00681. The van der Waals surface area contributed by atoms with Crippen LogP contribution >= 0.6 is 12.2 Å². The van der Waals surface area contributed by atoms with Gasteiger partial charge in [0.15, 0.2) is 5.11 Å². The SMILES string of the molecule is CCN(CC)CCCNC(=S)N(Cc1cc2c(C)cc(C)cc2[nH]c1=O)C1CCCCC1. The van der Waals surface area contributed by atoms with Crippen LogP contribution in [0.2, 0.25) is 0 Å². The zero-order valence-corrected chi connectivity index (χ0v) is 21.1. The van der Waals surface area contributed by atoms with Gasteiger partial charge < -0.3 is 20.1 Å². The Morgan fingerprint density at radius 1 is 1.12 bits per heavy atom. The third-order valence-corrected chi connectivity index (χ3v) is 7.21. The second kappa shape index (κ2) is 11.8. The molecule has 3 rings (SSSR count). The second-order valence-electron chi connectivity index (χ2n) is 9.20. The van der Waals surface area contributed by atoms with Crippen LogP contribution in [0.25, 0.3) is 10.9 Å². The molecular formula is C26H40N4OS. The van der Waals surface area contributed by atoms with Crippen molar-refractivity contribution in [1.29, 1.82) is 0 Å². The van der Waals surface area contributed by atoms with Gasteiger partial charge in [0.2, 0.25) is 0 Å². The van der Waals surface area contributed by atoms with Gasteiger partial charge in [-0.3, -0.25) is 4.79 Å². The minimum Gasteiger partial charge on any atom is -0.363 e. The Morgan fingerprint density at radius 2 is 1.84 bits per heavy atom. The Morgan fingerprint density at radius 3 is 2.53 bits per heavy atom. The second-order valence-corrected chi connectivity index (χ2v) is 9.59. The molecule has 1 saturated carbocycles. The van der Waals surface area contributed by atoms with E-state index in [2.05, 4.69) is 66.0 Å². The number of aromatic amines is 1. The van der Waals surface area contributed by atoms with Crippen LogP contribution < -0.4 is 10.9 Å². The van der Waals surface area contributed by atoms with Crippen molar-refractivity contribution in [2.45, 2.75) is 78.8 Å². The van der Waals surface area contributed by atoms with Crippen LogP contribution in [0, 0.1) is 13.8 Å². The molecule has 2 aromatic rings. The third kappa shape index (κ3) is 6.32. The lowest BCUT2D eigenvalue weighted by atomic mass is 9.94. The van der Waals surface area contributed by atoms with Crippen molar-refractivity contribution in [2.75, 3.05) is 26.2 Å². The molecule has 0 saturated heterocycles. The van der Waals surface area contributed by atoms with E-state index in [-0.39, 0.29) is 5.56 Å². The van der Waals surface area contributed by atoms with Crippen molar-refractivity contribution in [3.05, 3.63) is 45.2 Å². The molecule has 1 fully saturated rings. The monoisotopic (exact) mass is 456 g/mol. The molecule has 1 aliphatic rings. The summed E-state index contributed by atoms with van der Waals surface area (Å²) < 4.78 is 0. The first kappa shape index (κ1) is 24.7. The average Bonchev–Trinajstić information content (AvgIpc) is 2.78. The molecule has 0 atom stereocenters. The lowest BCUT2D eigenvalue weighted by Gasteiger charge is -2.36. The average molecular weight is 457 g/mol. The van der Waals surface area contributed by atoms with Crippen LogP contribution in [-0.4, -0.2) is 52.1 Å². The summed E-state index contributed by atoms with van der Waals surface area (Å²) in [6.07, 6.45) is 7.12. The highest BCUT2D eigenvalue weighted by Gasteiger charge is 2.24. The molecule has 1 aromatic heterocycles. The largest absolute Gasteiger partial charge is 0.363 e. The molecule has 1 aliphatic carbocycles. The maximum atomic E-state index is 12.9. The first-order valence-corrected chi connectivity index (χ1v) is 12.7. The lowest BCUT2D eigenvalue weighted by molar-refractivity contribution is 0.233. The summed E-state index contributed by atoms with van der Waals surface area (Å²) in [6.45, 7) is 13.3. The quantitative estimate of drug-likeness (QED) is 0.416. The molecule has 0 aliphatic heterocycles. The molecule has 1 aromatic carbocycles. The van der Waals surface area contributed by atoms with Gasteiger partial charge in [-0.1, -0.05) is 39.2 Å². The van der Waals surface area contributed by atoms with Gasteiger partial charge in [-0.15, -0.1) is 0 Å². The maximum Gasteiger partial charge on any atom is 0.253 e. The molecule has 0 radical (unpaired) electrons. The van der Waals surface area contributed by atoms with Crippen LogP contribution in [0.1, 0.15) is 69.1 Å². The summed E-state index contributed by atoms with van der Waals surface area (Å²) in [7, 11) is 0. The number of H-pyrrole nitrogens is 1. The molecule has 5 nitrogen and oxygen atoms in total. The van der Waals surface area contributed by atoms with Crippen LogP contribution in [0.4, 0.5) is 0 Å². The Balaban J connectivity index is 1.76. The number of aryl methyl sites for hydroxylation is 2. The van der Waals surface area contributed by atoms with Gasteiger partial charge in [-0.2, -0.15) is 0 Å². The van der Waals surface area contributed by atoms with Gasteiger partial charge in [0.05, 0.1) is 6.54 Å². The highest BCUT2D eigenvalue weighted by atomic mass is 32.1. The Labute approximate surface area is 198 Å². The number of hydrogen-bond donors (Lipinski definition) is 2. The predicted molar refractivity (Wildman–Crippen MR) is 139 cm³/mol. The maximum absolute atomic E-state index is 12.9. The number of fused-ring (bicyclic) bond motifs is 1. The van der Waals surface area contributed by atoms with E-state index in [0.29, 0.717) is 12.6 Å². The van der Waals surface area contributed by atoms with Crippen molar-refractivity contribution in [3.63, 3.8) is 0 Å². The van der Waals surface area contributed by atoms with Gasteiger partial charge in [-0.05, 0) is 88.2 Å². The van der Waals surface area contributed by atoms with Crippen LogP contribution in [0.3, 0.4) is 0 Å². The van der Waals surface area contributed by atoms with Gasteiger partial charge in [0.25, 0.3) is 5.56 Å². The predicted octanol–water partition coefficient (Wildman–Crippen LogP) is 4.89. The standard InChI is InChI=1S/C26H40N4OS/c1-5-29(6-2)14-10-13-27-26(32)30(22-11-8-7-9-12-22)18-21-17-23-20(4)15-19(3)16-24(23)28-25(21)31/h15-17,22H,5-14,18H2,1-4H3,(H,27,32)(H,28,31). The number of nitrogens with one attached hydrogen (secondary N) is 2. The van der Waals surface area contributed by atoms with Crippen molar-refractivity contribution in [1.82, 2.24) is 20.1 Å².